The maximum atomic E-state index is 3.62. The van der Waals surface area contributed by atoms with Gasteiger partial charge in [-0.25, -0.2) is 0 Å². The van der Waals surface area contributed by atoms with Crippen LogP contribution in [-0.4, -0.2) is 17.7 Å². The molecule has 0 aliphatic rings. The van der Waals surface area contributed by atoms with E-state index in [1.807, 2.05) is 0 Å². The van der Waals surface area contributed by atoms with Crippen molar-refractivity contribution in [1.29, 1.82) is 0 Å². The van der Waals surface area contributed by atoms with Gasteiger partial charge in [0.05, 0.1) is 0 Å². The fourth-order valence-electron chi connectivity index (χ4n) is 2.15. The lowest BCUT2D eigenvalue weighted by Gasteiger charge is -2.08. The summed E-state index contributed by atoms with van der Waals surface area (Å²) in [6.07, 6.45) is 3.35. The number of para-hydroxylation sites is 1. The third-order valence-corrected chi connectivity index (χ3v) is 3.68. The number of benzene rings is 1. The Morgan fingerprint density at radius 3 is 2.83 bits per heavy atom. The standard InChI is InChI=1S/C15H21BrN2/c1-12(2)10-17-8-5-9-18-11-14(16)13-6-3-4-7-15(13)18/h3-4,6-7,11-12,17H,5,8-10H2,1-2H3. The van der Waals surface area contributed by atoms with Gasteiger partial charge in [0.2, 0.25) is 0 Å². The molecule has 0 spiro atoms. The fourth-order valence-corrected chi connectivity index (χ4v) is 2.73. The maximum Gasteiger partial charge on any atom is 0.0492 e. The van der Waals surface area contributed by atoms with E-state index in [-0.39, 0.29) is 0 Å². The van der Waals surface area contributed by atoms with Crippen molar-refractivity contribution in [3.05, 3.63) is 34.9 Å². The molecule has 0 amide bonds. The second-order valence-electron chi connectivity index (χ2n) is 5.14. The third kappa shape index (κ3) is 3.36. The van der Waals surface area contributed by atoms with E-state index in [4.69, 9.17) is 0 Å². The largest absolute Gasteiger partial charge is 0.346 e. The highest BCUT2D eigenvalue weighted by Crippen LogP contribution is 2.25. The summed E-state index contributed by atoms with van der Waals surface area (Å²) >= 11 is 3.62. The van der Waals surface area contributed by atoms with Crippen molar-refractivity contribution in [2.45, 2.75) is 26.8 Å². The van der Waals surface area contributed by atoms with Gasteiger partial charge in [0.1, 0.15) is 0 Å². The average molecular weight is 309 g/mol. The molecule has 2 nitrogen and oxygen atoms in total. The molecule has 1 N–H and O–H groups in total. The molecule has 98 valence electrons. The minimum atomic E-state index is 0.728. The summed E-state index contributed by atoms with van der Waals surface area (Å²) in [6, 6.07) is 8.53. The summed E-state index contributed by atoms with van der Waals surface area (Å²) < 4.78 is 3.52. The number of hydrogen-bond acceptors (Lipinski definition) is 1. The Balaban J connectivity index is 1.92. The fraction of sp³-hybridized carbons (Fsp3) is 0.467. The highest BCUT2D eigenvalue weighted by molar-refractivity contribution is 9.10. The molecule has 0 atom stereocenters. The van der Waals surface area contributed by atoms with E-state index in [0.29, 0.717) is 0 Å². The molecule has 1 heterocycles. The van der Waals surface area contributed by atoms with Crippen LogP contribution in [-0.2, 0) is 6.54 Å². The number of rotatable bonds is 6. The first-order valence-electron chi connectivity index (χ1n) is 6.62. The molecule has 2 rings (SSSR count). The Labute approximate surface area is 118 Å². The Kier molecular flexibility index (Phi) is 4.84. The molecule has 3 heteroatoms. The van der Waals surface area contributed by atoms with Crippen LogP contribution in [0.2, 0.25) is 0 Å². The third-order valence-electron chi connectivity index (χ3n) is 3.05. The number of nitrogens with one attached hydrogen (secondary N) is 1. The number of aromatic nitrogens is 1. The van der Waals surface area contributed by atoms with Gasteiger partial charge < -0.3 is 9.88 Å². The predicted molar refractivity (Wildman–Crippen MR) is 82.0 cm³/mol. The Bertz CT molecular complexity index is 502. The van der Waals surface area contributed by atoms with Crippen molar-refractivity contribution >= 4 is 26.8 Å². The summed E-state index contributed by atoms with van der Waals surface area (Å²) in [5.74, 6) is 0.728. The van der Waals surface area contributed by atoms with E-state index >= 15 is 0 Å². The molecule has 1 aromatic carbocycles. The molecule has 2 aromatic rings. The van der Waals surface area contributed by atoms with Crippen molar-refractivity contribution in [2.75, 3.05) is 13.1 Å². The van der Waals surface area contributed by atoms with Gasteiger partial charge in [-0.05, 0) is 47.4 Å². The molecule has 1 aromatic heterocycles. The van der Waals surface area contributed by atoms with E-state index in [0.717, 1.165) is 32.0 Å². The first kappa shape index (κ1) is 13.6. The van der Waals surface area contributed by atoms with Crippen molar-refractivity contribution in [1.82, 2.24) is 9.88 Å². The second kappa shape index (κ2) is 6.39. The molecular weight excluding hydrogens is 288 g/mol. The zero-order chi connectivity index (χ0) is 13.0. The van der Waals surface area contributed by atoms with Gasteiger partial charge in [-0.1, -0.05) is 32.0 Å². The zero-order valence-electron chi connectivity index (χ0n) is 11.1. The van der Waals surface area contributed by atoms with E-state index in [9.17, 15) is 0 Å². The van der Waals surface area contributed by atoms with E-state index in [1.165, 1.54) is 15.4 Å². The summed E-state index contributed by atoms with van der Waals surface area (Å²) in [4.78, 5) is 0. The Morgan fingerprint density at radius 1 is 1.28 bits per heavy atom. The Hall–Kier alpha value is -0.800. The molecule has 0 fully saturated rings. The molecule has 0 aliphatic carbocycles. The van der Waals surface area contributed by atoms with Gasteiger partial charge >= 0.3 is 0 Å². The highest BCUT2D eigenvalue weighted by atomic mass is 79.9. The lowest BCUT2D eigenvalue weighted by atomic mass is 10.2. The summed E-state index contributed by atoms with van der Waals surface area (Å²) in [5, 5.41) is 4.78. The molecule has 0 bridgehead atoms. The van der Waals surface area contributed by atoms with Gasteiger partial charge in [0.25, 0.3) is 0 Å². The van der Waals surface area contributed by atoms with Crippen molar-refractivity contribution in [3.63, 3.8) is 0 Å². The van der Waals surface area contributed by atoms with Crippen LogP contribution in [0.5, 0.6) is 0 Å². The van der Waals surface area contributed by atoms with E-state index < -0.39 is 0 Å². The van der Waals surface area contributed by atoms with E-state index in [2.05, 4.69) is 70.1 Å². The summed E-state index contributed by atoms with van der Waals surface area (Å²) in [7, 11) is 0. The molecule has 0 aliphatic heterocycles. The van der Waals surface area contributed by atoms with Crippen LogP contribution in [0, 0.1) is 5.92 Å². The van der Waals surface area contributed by atoms with Crippen LogP contribution in [0.1, 0.15) is 20.3 Å². The van der Waals surface area contributed by atoms with Crippen LogP contribution in [0.15, 0.2) is 34.9 Å². The van der Waals surface area contributed by atoms with Gasteiger partial charge in [-0.3, -0.25) is 0 Å². The van der Waals surface area contributed by atoms with Crippen LogP contribution in [0.4, 0.5) is 0 Å². The normalized spacial score (nSPS) is 11.6. The molecule has 0 saturated carbocycles. The van der Waals surface area contributed by atoms with Crippen molar-refractivity contribution < 1.29 is 0 Å². The minimum Gasteiger partial charge on any atom is -0.346 e. The minimum absolute atomic E-state index is 0.728. The quantitative estimate of drug-likeness (QED) is 0.797. The number of halogens is 1. The topological polar surface area (TPSA) is 17.0 Å². The first-order valence-corrected chi connectivity index (χ1v) is 7.42. The van der Waals surface area contributed by atoms with Crippen LogP contribution in [0.25, 0.3) is 10.9 Å². The van der Waals surface area contributed by atoms with Gasteiger partial charge in [-0.15, -0.1) is 0 Å². The van der Waals surface area contributed by atoms with Gasteiger partial charge in [-0.2, -0.15) is 0 Å². The summed E-state index contributed by atoms with van der Waals surface area (Å²) in [6.45, 7) is 7.74. The Morgan fingerprint density at radius 2 is 2.06 bits per heavy atom. The molecular formula is C15H21BrN2. The molecule has 0 saturated heterocycles. The van der Waals surface area contributed by atoms with Crippen LogP contribution < -0.4 is 5.32 Å². The molecule has 0 radical (unpaired) electrons. The smallest absolute Gasteiger partial charge is 0.0492 e. The number of hydrogen-bond donors (Lipinski definition) is 1. The number of aryl methyl sites for hydroxylation is 1. The maximum absolute atomic E-state index is 3.62. The zero-order valence-corrected chi connectivity index (χ0v) is 12.7. The SMILES string of the molecule is CC(C)CNCCCn1cc(Br)c2ccccc21. The summed E-state index contributed by atoms with van der Waals surface area (Å²) in [5.41, 5.74) is 1.31. The van der Waals surface area contributed by atoms with Crippen molar-refractivity contribution in [2.24, 2.45) is 5.92 Å². The second-order valence-corrected chi connectivity index (χ2v) is 5.99. The first-order chi connectivity index (χ1) is 8.68. The molecule has 18 heavy (non-hydrogen) atoms. The van der Waals surface area contributed by atoms with Gasteiger partial charge in [0.15, 0.2) is 0 Å². The average Bonchev–Trinajstić information content (AvgIpc) is 2.66. The molecule has 0 unspecified atom stereocenters. The lowest BCUT2D eigenvalue weighted by Crippen LogP contribution is -2.21. The van der Waals surface area contributed by atoms with Crippen LogP contribution >= 0.6 is 15.9 Å². The predicted octanol–water partition coefficient (Wildman–Crippen LogP) is 4.04. The monoisotopic (exact) mass is 308 g/mol. The number of nitrogens with zero attached hydrogens (tertiary/aromatic N) is 1. The highest BCUT2D eigenvalue weighted by Gasteiger charge is 2.04. The lowest BCUT2D eigenvalue weighted by molar-refractivity contribution is 0.525. The van der Waals surface area contributed by atoms with Crippen molar-refractivity contribution in [3.8, 4) is 0 Å². The number of fused-ring (bicyclic) bond motifs is 1. The van der Waals surface area contributed by atoms with Gasteiger partial charge in [0, 0.05) is 28.1 Å². The van der Waals surface area contributed by atoms with E-state index in [1.54, 1.807) is 0 Å². The van der Waals surface area contributed by atoms with Crippen LogP contribution in [0.3, 0.4) is 0 Å².